The summed E-state index contributed by atoms with van der Waals surface area (Å²) in [5, 5.41) is 20.4. The van der Waals surface area contributed by atoms with Gasteiger partial charge in [0.1, 0.15) is 5.82 Å². The molecule has 7 heteroatoms. The Morgan fingerprint density at radius 3 is 2.84 bits per heavy atom. The number of nitrogens with one attached hydrogen (secondary N) is 1. The summed E-state index contributed by atoms with van der Waals surface area (Å²) >= 11 is 0. The molecule has 1 fully saturated rings. The van der Waals surface area contributed by atoms with Gasteiger partial charge in [-0.25, -0.2) is 14.8 Å². The van der Waals surface area contributed by atoms with E-state index in [1.165, 1.54) is 0 Å². The van der Waals surface area contributed by atoms with Crippen molar-refractivity contribution in [1.29, 1.82) is 0 Å². The van der Waals surface area contributed by atoms with Gasteiger partial charge in [0.2, 0.25) is 0 Å². The number of hydrogen-bond acceptors (Lipinski definition) is 4. The summed E-state index contributed by atoms with van der Waals surface area (Å²) in [6, 6.07) is 9.66. The normalized spacial score (nSPS) is 14.0. The fraction of sp³-hybridized carbons (Fsp3) is 0.278. The summed E-state index contributed by atoms with van der Waals surface area (Å²) in [5.74, 6) is 0.835. The highest BCUT2D eigenvalue weighted by Gasteiger charge is 2.25. The van der Waals surface area contributed by atoms with E-state index in [0.29, 0.717) is 18.3 Å². The van der Waals surface area contributed by atoms with Crippen LogP contribution in [-0.4, -0.2) is 37.4 Å². The molecule has 7 nitrogen and oxygen atoms in total. The Morgan fingerprint density at radius 2 is 2.12 bits per heavy atom. The summed E-state index contributed by atoms with van der Waals surface area (Å²) in [6.45, 7) is 0.556. The first-order valence-electron chi connectivity index (χ1n) is 8.22. The molecule has 1 aromatic carbocycles. The highest BCUT2D eigenvalue weighted by molar-refractivity contribution is 5.84. The molecule has 2 heterocycles. The topological polar surface area (TPSA) is 100 Å². The molecule has 2 aromatic heterocycles. The van der Waals surface area contributed by atoms with Crippen molar-refractivity contribution in [1.82, 2.24) is 14.5 Å². The smallest absolute Gasteiger partial charge is 0.410 e. The van der Waals surface area contributed by atoms with Crippen LogP contribution in [0.4, 0.5) is 10.6 Å². The number of amides is 1. The summed E-state index contributed by atoms with van der Waals surface area (Å²) < 4.78 is 1.89. The Hall–Kier alpha value is -2.93. The molecule has 0 radical (unpaired) electrons. The highest BCUT2D eigenvalue weighted by Crippen LogP contribution is 2.41. The van der Waals surface area contributed by atoms with Gasteiger partial charge >= 0.3 is 6.09 Å². The number of carboxylic acid groups (broad SMARTS) is 1. The quantitative estimate of drug-likeness (QED) is 0.664. The fourth-order valence-electron chi connectivity index (χ4n) is 3.03. The number of carbonyl (C=O) groups is 1. The fourth-order valence-corrected chi connectivity index (χ4v) is 3.03. The molecule has 25 heavy (non-hydrogen) atoms. The minimum atomic E-state index is -1.12. The third kappa shape index (κ3) is 3.18. The van der Waals surface area contributed by atoms with Gasteiger partial charge in [-0.05, 0) is 48.6 Å². The maximum Gasteiger partial charge on any atom is 0.410 e. The number of aliphatic hydroxyl groups excluding tert-OH is 1. The lowest BCUT2D eigenvalue weighted by Gasteiger charge is -2.09. The lowest BCUT2D eigenvalue weighted by molar-refractivity contribution is 0.209. The lowest BCUT2D eigenvalue weighted by Crippen LogP contribution is -2.09. The van der Waals surface area contributed by atoms with Gasteiger partial charge in [-0.2, -0.15) is 0 Å². The number of aromatic nitrogens is 3. The van der Waals surface area contributed by atoms with Gasteiger partial charge in [0.05, 0.1) is 29.7 Å². The number of aliphatic hydroxyl groups is 1. The number of rotatable bonds is 5. The second-order valence-corrected chi connectivity index (χ2v) is 6.24. The summed E-state index contributed by atoms with van der Waals surface area (Å²) in [7, 11) is 0. The number of hydrogen-bond donors (Lipinski definition) is 3. The van der Waals surface area contributed by atoms with Crippen LogP contribution >= 0.6 is 0 Å². The van der Waals surface area contributed by atoms with Crippen molar-refractivity contribution in [2.24, 2.45) is 0 Å². The first-order chi connectivity index (χ1) is 12.1. The summed E-state index contributed by atoms with van der Waals surface area (Å²) in [5.41, 5.74) is 4.49. The van der Waals surface area contributed by atoms with Crippen LogP contribution in [0.3, 0.4) is 0 Å². The molecular weight excluding hydrogens is 320 g/mol. The van der Waals surface area contributed by atoms with Crippen LogP contribution in [0.5, 0.6) is 0 Å². The molecule has 1 aliphatic rings. The monoisotopic (exact) mass is 338 g/mol. The Balaban J connectivity index is 1.76. The van der Waals surface area contributed by atoms with Crippen molar-refractivity contribution in [3.63, 3.8) is 0 Å². The first-order valence-corrected chi connectivity index (χ1v) is 8.22. The van der Waals surface area contributed by atoms with Crippen molar-refractivity contribution in [3.05, 3.63) is 42.2 Å². The Kier molecular flexibility index (Phi) is 3.85. The molecule has 0 unspecified atom stereocenters. The maximum absolute atomic E-state index is 11.0. The van der Waals surface area contributed by atoms with Crippen LogP contribution in [0.1, 0.15) is 24.3 Å². The van der Waals surface area contributed by atoms with Crippen molar-refractivity contribution >= 4 is 22.9 Å². The standard InChI is InChI=1S/C18H18N4O3/c23-6-5-22-10-19-15-7-12(3-4-16(15)22)14-8-13(11-1-2-11)9-17(20-14)21-18(24)25/h3-4,7-11,23H,1-2,5-6H2,(H,20,21)(H,24,25). The molecule has 0 bridgehead atoms. The number of anilines is 1. The molecule has 3 aromatic rings. The molecule has 0 atom stereocenters. The predicted octanol–water partition coefficient (Wildman–Crippen LogP) is 3.06. The Morgan fingerprint density at radius 1 is 1.28 bits per heavy atom. The van der Waals surface area contributed by atoms with E-state index < -0.39 is 6.09 Å². The number of benzene rings is 1. The molecule has 0 aliphatic heterocycles. The molecule has 0 spiro atoms. The summed E-state index contributed by atoms with van der Waals surface area (Å²) in [4.78, 5) is 19.8. The zero-order valence-electron chi connectivity index (χ0n) is 13.5. The van der Waals surface area contributed by atoms with Crippen LogP contribution in [0.25, 0.3) is 22.3 Å². The van der Waals surface area contributed by atoms with Crippen LogP contribution in [0.2, 0.25) is 0 Å². The minimum absolute atomic E-state index is 0.0580. The maximum atomic E-state index is 11.0. The Bertz CT molecular complexity index is 947. The SMILES string of the molecule is O=C(O)Nc1cc(C2CC2)cc(-c2ccc3c(c2)ncn3CCO)n1. The zero-order valence-corrected chi connectivity index (χ0v) is 13.5. The molecule has 1 amide bonds. The van der Waals surface area contributed by atoms with Crippen LogP contribution in [0.15, 0.2) is 36.7 Å². The van der Waals surface area contributed by atoms with Crippen molar-refractivity contribution in [2.75, 3.05) is 11.9 Å². The van der Waals surface area contributed by atoms with Crippen molar-refractivity contribution < 1.29 is 15.0 Å². The predicted molar refractivity (Wildman–Crippen MR) is 93.7 cm³/mol. The molecule has 128 valence electrons. The van der Waals surface area contributed by atoms with E-state index in [0.717, 1.165) is 40.7 Å². The van der Waals surface area contributed by atoms with Gasteiger partial charge in [-0.3, -0.25) is 5.32 Å². The van der Waals surface area contributed by atoms with Gasteiger partial charge in [0, 0.05) is 12.1 Å². The number of fused-ring (bicyclic) bond motifs is 1. The number of nitrogens with zero attached hydrogens (tertiary/aromatic N) is 3. The molecule has 1 aliphatic carbocycles. The first kappa shape index (κ1) is 15.6. The third-order valence-corrected chi connectivity index (χ3v) is 4.39. The van der Waals surface area contributed by atoms with Gasteiger partial charge in [0.15, 0.2) is 0 Å². The van der Waals surface area contributed by atoms with E-state index in [1.54, 1.807) is 6.33 Å². The minimum Gasteiger partial charge on any atom is -0.465 e. The van der Waals surface area contributed by atoms with Gasteiger partial charge < -0.3 is 14.8 Å². The molecule has 3 N–H and O–H groups in total. The Labute approximate surface area is 144 Å². The number of pyridine rings is 1. The van der Waals surface area contributed by atoms with Crippen LogP contribution < -0.4 is 5.32 Å². The zero-order chi connectivity index (χ0) is 17.4. The van der Waals surface area contributed by atoms with Gasteiger partial charge in [-0.15, -0.1) is 0 Å². The second kappa shape index (κ2) is 6.18. The molecular formula is C18H18N4O3. The number of imidazole rings is 1. The molecule has 4 rings (SSSR count). The van der Waals surface area contributed by atoms with E-state index in [-0.39, 0.29) is 6.61 Å². The highest BCUT2D eigenvalue weighted by atomic mass is 16.4. The van der Waals surface area contributed by atoms with E-state index in [1.807, 2.05) is 34.9 Å². The molecule has 0 saturated heterocycles. The second-order valence-electron chi connectivity index (χ2n) is 6.24. The van der Waals surface area contributed by atoms with E-state index >= 15 is 0 Å². The van der Waals surface area contributed by atoms with Gasteiger partial charge in [-0.1, -0.05) is 6.07 Å². The average molecular weight is 338 g/mol. The van der Waals surface area contributed by atoms with Gasteiger partial charge in [0.25, 0.3) is 0 Å². The molecule has 1 saturated carbocycles. The third-order valence-electron chi connectivity index (χ3n) is 4.39. The van der Waals surface area contributed by atoms with Crippen molar-refractivity contribution in [2.45, 2.75) is 25.3 Å². The van der Waals surface area contributed by atoms with E-state index in [9.17, 15) is 4.79 Å². The lowest BCUT2D eigenvalue weighted by atomic mass is 10.1. The van der Waals surface area contributed by atoms with E-state index in [4.69, 9.17) is 10.2 Å². The largest absolute Gasteiger partial charge is 0.465 e. The van der Waals surface area contributed by atoms with Crippen LogP contribution in [0, 0.1) is 0 Å². The average Bonchev–Trinajstić information content (AvgIpc) is 3.37. The van der Waals surface area contributed by atoms with Crippen molar-refractivity contribution in [3.8, 4) is 11.3 Å². The van der Waals surface area contributed by atoms with Crippen LogP contribution in [-0.2, 0) is 6.54 Å². The van der Waals surface area contributed by atoms with E-state index in [2.05, 4.69) is 15.3 Å². The summed E-state index contributed by atoms with van der Waals surface area (Å²) in [6.07, 6.45) is 2.83.